The molecule has 1 heterocycles. The van der Waals surface area contributed by atoms with Crippen molar-refractivity contribution < 1.29 is 23.7 Å². The number of rotatable bonds is 10. The number of benzene rings is 1. The van der Waals surface area contributed by atoms with Gasteiger partial charge in [-0.25, -0.2) is 9.97 Å². The summed E-state index contributed by atoms with van der Waals surface area (Å²) in [6.45, 7) is 1.34. The van der Waals surface area contributed by atoms with E-state index < -0.39 is 0 Å². The van der Waals surface area contributed by atoms with E-state index in [0.29, 0.717) is 47.6 Å². The Morgan fingerprint density at radius 1 is 1.00 bits per heavy atom. The third-order valence-corrected chi connectivity index (χ3v) is 3.64. The van der Waals surface area contributed by atoms with Crippen LogP contribution in [0.5, 0.6) is 17.2 Å². The second-order valence-corrected chi connectivity index (χ2v) is 5.44. The highest BCUT2D eigenvalue weighted by molar-refractivity contribution is 6.04. The summed E-state index contributed by atoms with van der Waals surface area (Å²) in [5.74, 6) is 1.44. The summed E-state index contributed by atoms with van der Waals surface area (Å²) in [4.78, 5) is 20.7. The number of aromatic nitrogens is 2. The summed E-state index contributed by atoms with van der Waals surface area (Å²) >= 11 is 0. The lowest BCUT2D eigenvalue weighted by Gasteiger charge is -2.14. The molecule has 2 aromatic rings. The summed E-state index contributed by atoms with van der Waals surface area (Å²) < 4.78 is 20.8. The average molecular weight is 376 g/mol. The average Bonchev–Trinajstić information content (AvgIpc) is 2.70. The molecule has 1 amide bonds. The van der Waals surface area contributed by atoms with E-state index in [1.165, 1.54) is 33.7 Å². The van der Waals surface area contributed by atoms with E-state index >= 15 is 0 Å². The molecule has 0 aliphatic carbocycles. The lowest BCUT2D eigenvalue weighted by atomic mass is 10.2. The smallest absolute Gasteiger partial charge is 0.258 e. The minimum absolute atomic E-state index is 0.325. The Bertz CT molecular complexity index is 727. The van der Waals surface area contributed by atoms with Gasteiger partial charge in [0, 0.05) is 50.5 Å². The minimum atomic E-state index is -0.352. The van der Waals surface area contributed by atoms with Gasteiger partial charge in [0.1, 0.15) is 0 Å². The molecule has 9 heteroatoms. The van der Waals surface area contributed by atoms with Gasteiger partial charge < -0.3 is 29.6 Å². The molecule has 0 unspecified atom stereocenters. The molecule has 2 rings (SSSR count). The largest absolute Gasteiger partial charge is 0.493 e. The number of carbonyl (C=O) groups excluding carboxylic acids is 1. The van der Waals surface area contributed by atoms with E-state index in [0.717, 1.165) is 6.42 Å². The lowest BCUT2D eigenvalue weighted by molar-refractivity contribution is 0.102. The van der Waals surface area contributed by atoms with Crippen molar-refractivity contribution in [1.82, 2.24) is 9.97 Å². The maximum Gasteiger partial charge on any atom is 0.258 e. The Hall–Kier alpha value is -3.07. The van der Waals surface area contributed by atoms with Crippen molar-refractivity contribution in [2.45, 2.75) is 6.42 Å². The van der Waals surface area contributed by atoms with Gasteiger partial charge in [-0.05, 0) is 6.42 Å². The molecule has 146 valence electrons. The second-order valence-electron chi connectivity index (χ2n) is 5.44. The minimum Gasteiger partial charge on any atom is -0.493 e. The van der Waals surface area contributed by atoms with E-state index in [4.69, 9.17) is 18.9 Å². The van der Waals surface area contributed by atoms with Crippen LogP contribution in [0.4, 0.5) is 11.6 Å². The molecule has 0 fully saturated rings. The van der Waals surface area contributed by atoms with Crippen LogP contribution in [0, 0.1) is 0 Å². The molecule has 1 aromatic heterocycles. The zero-order chi connectivity index (χ0) is 19.6. The van der Waals surface area contributed by atoms with Crippen molar-refractivity contribution >= 4 is 17.5 Å². The number of nitrogens with one attached hydrogen (secondary N) is 2. The number of hydrogen-bond acceptors (Lipinski definition) is 8. The van der Waals surface area contributed by atoms with Crippen molar-refractivity contribution in [1.29, 1.82) is 0 Å². The van der Waals surface area contributed by atoms with Crippen LogP contribution in [-0.2, 0) is 4.74 Å². The van der Waals surface area contributed by atoms with Crippen LogP contribution in [0.25, 0.3) is 0 Å². The maximum atomic E-state index is 12.4. The zero-order valence-electron chi connectivity index (χ0n) is 15.9. The van der Waals surface area contributed by atoms with Gasteiger partial charge in [0.15, 0.2) is 11.5 Å². The lowest BCUT2D eigenvalue weighted by Crippen LogP contribution is -2.14. The molecule has 0 radical (unpaired) electrons. The number of nitrogens with zero attached hydrogens (tertiary/aromatic N) is 2. The number of carbonyl (C=O) groups is 1. The highest BCUT2D eigenvalue weighted by Gasteiger charge is 2.15. The van der Waals surface area contributed by atoms with Gasteiger partial charge in [-0.15, -0.1) is 0 Å². The normalized spacial score (nSPS) is 10.2. The standard InChI is InChI=1S/C18H24N4O5/c1-24-7-5-6-19-18-20-10-12(11-21-18)17(23)22-13-8-14(25-2)16(27-4)15(9-13)26-3/h8-11H,5-7H2,1-4H3,(H,22,23)(H,19,20,21). The molecule has 0 saturated carbocycles. The third kappa shape index (κ3) is 5.45. The predicted molar refractivity (Wildman–Crippen MR) is 101 cm³/mol. The maximum absolute atomic E-state index is 12.4. The Balaban J connectivity index is 2.06. The van der Waals surface area contributed by atoms with Crippen molar-refractivity contribution in [2.24, 2.45) is 0 Å². The summed E-state index contributed by atoms with van der Waals surface area (Å²) in [5, 5.41) is 5.82. The number of amides is 1. The van der Waals surface area contributed by atoms with Crippen LogP contribution in [0.15, 0.2) is 24.5 Å². The first-order valence-corrected chi connectivity index (χ1v) is 8.29. The molecule has 9 nitrogen and oxygen atoms in total. The number of ether oxygens (including phenoxy) is 4. The zero-order valence-corrected chi connectivity index (χ0v) is 15.9. The number of methoxy groups -OCH3 is 4. The topological polar surface area (TPSA) is 104 Å². The fraction of sp³-hybridized carbons (Fsp3) is 0.389. The summed E-state index contributed by atoms with van der Waals surface area (Å²) in [7, 11) is 6.18. The first kappa shape index (κ1) is 20.2. The van der Waals surface area contributed by atoms with Crippen LogP contribution in [0.3, 0.4) is 0 Å². The monoisotopic (exact) mass is 376 g/mol. The quantitative estimate of drug-likeness (QED) is 0.608. The molecule has 0 aliphatic heterocycles. The van der Waals surface area contributed by atoms with Crippen LogP contribution < -0.4 is 24.8 Å². The van der Waals surface area contributed by atoms with Crippen molar-refractivity contribution in [2.75, 3.05) is 52.2 Å². The van der Waals surface area contributed by atoms with Crippen LogP contribution in [-0.4, -0.2) is 57.5 Å². The molecule has 1 aromatic carbocycles. The van der Waals surface area contributed by atoms with Gasteiger partial charge in [0.2, 0.25) is 11.7 Å². The number of hydrogen-bond donors (Lipinski definition) is 2. The van der Waals surface area contributed by atoms with E-state index in [-0.39, 0.29) is 5.91 Å². The van der Waals surface area contributed by atoms with Crippen molar-refractivity contribution in [3.05, 3.63) is 30.1 Å². The Morgan fingerprint density at radius 3 is 2.15 bits per heavy atom. The Labute approximate surface area is 158 Å². The molecule has 0 atom stereocenters. The SMILES string of the molecule is COCCCNc1ncc(C(=O)Nc2cc(OC)c(OC)c(OC)c2)cn1. The van der Waals surface area contributed by atoms with Gasteiger partial charge in [-0.1, -0.05) is 0 Å². The third-order valence-electron chi connectivity index (χ3n) is 3.64. The fourth-order valence-corrected chi connectivity index (χ4v) is 2.31. The van der Waals surface area contributed by atoms with E-state index in [1.54, 1.807) is 19.2 Å². The second kappa shape index (κ2) is 10.2. The van der Waals surface area contributed by atoms with Gasteiger partial charge in [0.05, 0.1) is 26.9 Å². The summed E-state index contributed by atoms with van der Waals surface area (Å²) in [6, 6.07) is 3.29. The summed E-state index contributed by atoms with van der Waals surface area (Å²) in [6.07, 6.45) is 3.75. The van der Waals surface area contributed by atoms with Crippen LogP contribution >= 0.6 is 0 Å². The van der Waals surface area contributed by atoms with Crippen LogP contribution in [0.1, 0.15) is 16.8 Å². The first-order chi connectivity index (χ1) is 13.1. The van der Waals surface area contributed by atoms with Crippen LogP contribution in [0.2, 0.25) is 0 Å². The Kier molecular flexibility index (Phi) is 7.63. The van der Waals surface area contributed by atoms with E-state index in [1.807, 2.05) is 0 Å². The highest BCUT2D eigenvalue weighted by Crippen LogP contribution is 2.39. The molecule has 0 spiro atoms. The molecular formula is C18H24N4O5. The number of anilines is 2. The molecular weight excluding hydrogens is 352 g/mol. The van der Waals surface area contributed by atoms with Crippen molar-refractivity contribution in [3.63, 3.8) is 0 Å². The van der Waals surface area contributed by atoms with Gasteiger partial charge in [0.25, 0.3) is 5.91 Å². The van der Waals surface area contributed by atoms with Gasteiger partial charge in [-0.2, -0.15) is 0 Å². The van der Waals surface area contributed by atoms with E-state index in [9.17, 15) is 4.79 Å². The first-order valence-electron chi connectivity index (χ1n) is 8.29. The molecule has 0 saturated heterocycles. The van der Waals surface area contributed by atoms with Crippen molar-refractivity contribution in [3.8, 4) is 17.2 Å². The molecule has 27 heavy (non-hydrogen) atoms. The Morgan fingerprint density at radius 2 is 1.63 bits per heavy atom. The fourth-order valence-electron chi connectivity index (χ4n) is 2.31. The molecule has 0 aliphatic rings. The highest BCUT2D eigenvalue weighted by atomic mass is 16.5. The molecule has 0 bridgehead atoms. The molecule has 2 N–H and O–H groups in total. The predicted octanol–water partition coefficient (Wildman–Crippen LogP) is 2.20. The van der Waals surface area contributed by atoms with E-state index in [2.05, 4.69) is 20.6 Å². The van der Waals surface area contributed by atoms with Gasteiger partial charge >= 0.3 is 0 Å². The van der Waals surface area contributed by atoms with Gasteiger partial charge in [-0.3, -0.25) is 4.79 Å². The summed E-state index contributed by atoms with van der Waals surface area (Å²) in [5.41, 5.74) is 0.822.